The summed E-state index contributed by atoms with van der Waals surface area (Å²) in [4.78, 5) is 14.4. The number of hydrogen-bond acceptors (Lipinski definition) is 3. The van der Waals surface area contributed by atoms with Crippen LogP contribution in [0.5, 0.6) is 5.75 Å². The summed E-state index contributed by atoms with van der Waals surface area (Å²) < 4.78 is 20.7. The molecule has 1 amide bonds. The molecular weight excluding hydrogens is 321 g/mol. The first-order valence-electron chi connectivity index (χ1n) is 8.52. The molecule has 1 saturated carbocycles. The van der Waals surface area contributed by atoms with Gasteiger partial charge in [0.15, 0.2) is 12.4 Å². The van der Waals surface area contributed by atoms with Crippen LogP contribution in [-0.2, 0) is 11.8 Å². The van der Waals surface area contributed by atoms with Gasteiger partial charge in [0.25, 0.3) is 5.91 Å². The predicted molar refractivity (Wildman–Crippen MR) is 92.8 cm³/mol. The number of halogens is 1. The van der Waals surface area contributed by atoms with Gasteiger partial charge >= 0.3 is 0 Å². The van der Waals surface area contributed by atoms with Crippen molar-refractivity contribution in [2.75, 3.05) is 13.7 Å². The Balaban J connectivity index is 1.70. The van der Waals surface area contributed by atoms with E-state index in [4.69, 9.17) is 4.74 Å². The Bertz CT molecular complexity index is 766. The monoisotopic (exact) mass is 345 g/mol. The molecule has 1 aliphatic rings. The van der Waals surface area contributed by atoms with Gasteiger partial charge < -0.3 is 9.64 Å². The number of nitrogens with zero attached hydrogens (tertiary/aromatic N) is 3. The maximum Gasteiger partial charge on any atom is 0.260 e. The lowest BCUT2D eigenvalue weighted by Crippen LogP contribution is -2.36. The zero-order valence-corrected chi connectivity index (χ0v) is 15.1. The normalized spacial score (nSPS) is 15.1. The lowest BCUT2D eigenvalue weighted by Gasteiger charge is -2.29. The SMILES string of the molecule is Cc1nn(C)c(C)c1OCC(=O)N(C)[C@@H](c1ccc(F)cc1)C1CC1. The van der Waals surface area contributed by atoms with E-state index in [-0.39, 0.29) is 24.4 Å². The number of carbonyl (C=O) groups excluding carboxylic acids is 1. The highest BCUT2D eigenvalue weighted by Crippen LogP contribution is 2.44. The van der Waals surface area contributed by atoms with Crippen molar-refractivity contribution in [1.82, 2.24) is 14.7 Å². The number of likely N-dealkylation sites (N-methyl/N-ethyl adjacent to an activating group) is 1. The van der Waals surface area contributed by atoms with Crippen molar-refractivity contribution in [3.63, 3.8) is 0 Å². The van der Waals surface area contributed by atoms with Gasteiger partial charge in [0, 0.05) is 14.1 Å². The van der Waals surface area contributed by atoms with Gasteiger partial charge in [-0.15, -0.1) is 0 Å². The van der Waals surface area contributed by atoms with Crippen LogP contribution in [0.4, 0.5) is 4.39 Å². The van der Waals surface area contributed by atoms with Gasteiger partial charge in [-0.1, -0.05) is 12.1 Å². The van der Waals surface area contributed by atoms with E-state index in [1.807, 2.05) is 20.9 Å². The number of rotatable bonds is 6. The second-order valence-corrected chi connectivity index (χ2v) is 6.75. The molecular formula is C19H24FN3O2. The van der Waals surface area contributed by atoms with Crippen molar-refractivity contribution in [1.29, 1.82) is 0 Å². The fourth-order valence-electron chi connectivity index (χ4n) is 3.24. The second-order valence-electron chi connectivity index (χ2n) is 6.75. The molecule has 0 saturated heterocycles. The van der Waals surface area contributed by atoms with Gasteiger partial charge in [-0.3, -0.25) is 9.48 Å². The van der Waals surface area contributed by atoms with Crippen LogP contribution in [0, 0.1) is 25.6 Å². The van der Waals surface area contributed by atoms with Crippen LogP contribution in [0.1, 0.15) is 35.8 Å². The smallest absolute Gasteiger partial charge is 0.260 e. The highest BCUT2D eigenvalue weighted by Gasteiger charge is 2.37. The average molecular weight is 345 g/mol. The molecule has 2 aromatic rings. The number of benzene rings is 1. The summed E-state index contributed by atoms with van der Waals surface area (Å²) in [6.45, 7) is 3.74. The summed E-state index contributed by atoms with van der Waals surface area (Å²) in [6.07, 6.45) is 2.17. The molecule has 6 heteroatoms. The van der Waals surface area contributed by atoms with E-state index in [0.29, 0.717) is 11.7 Å². The molecule has 0 unspecified atom stereocenters. The summed E-state index contributed by atoms with van der Waals surface area (Å²) in [5.41, 5.74) is 2.63. The van der Waals surface area contributed by atoms with Crippen LogP contribution in [-0.4, -0.2) is 34.2 Å². The number of aromatic nitrogens is 2. The maximum atomic E-state index is 13.2. The number of hydrogen-bond donors (Lipinski definition) is 0. The van der Waals surface area contributed by atoms with Gasteiger partial charge in [-0.25, -0.2) is 4.39 Å². The van der Waals surface area contributed by atoms with E-state index in [1.165, 1.54) is 12.1 Å². The van der Waals surface area contributed by atoms with Crippen molar-refractivity contribution in [2.24, 2.45) is 13.0 Å². The minimum atomic E-state index is -0.266. The third kappa shape index (κ3) is 3.67. The number of amides is 1. The second kappa shape index (κ2) is 6.86. The van der Waals surface area contributed by atoms with Crippen molar-refractivity contribution in [3.8, 4) is 5.75 Å². The fourth-order valence-corrected chi connectivity index (χ4v) is 3.24. The maximum absolute atomic E-state index is 13.2. The third-order valence-electron chi connectivity index (χ3n) is 4.87. The summed E-state index contributed by atoms with van der Waals surface area (Å²) in [5, 5.41) is 4.29. The Morgan fingerprint density at radius 3 is 2.52 bits per heavy atom. The van der Waals surface area contributed by atoms with Gasteiger partial charge in [0.1, 0.15) is 11.5 Å². The van der Waals surface area contributed by atoms with E-state index < -0.39 is 0 Å². The topological polar surface area (TPSA) is 47.4 Å². The van der Waals surface area contributed by atoms with Gasteiger partial charge in [-0.05, 0) is 50.3 Å². The van der Waals surface area contributed by atoms with Crippen LogP contribution in [0.2, 0.25) is 0 Å². The first kappa shape index (κ1) is 17.5. The Hall–Kier alpha value is -2.37. The van der Waals surface area contributed by atoms with E-state index >= 15 is 0 Å². The highest BCUT2D eigenvalue weighted by molar-refractivity contribution is 5.78. The zero-order valence-electron chi connectivity index (χ0n) is 15.1. The Morgan fingerprint density at radius 1 is 1.36 bits per heavy atom. The Labute approximate surface area is 147 Å². The Kier molecular flexibility index (Phi) is 4.79. The molecule has 3 rings (SSSR count). The van der Waals surface area contributed by atoms with Crippen LogP contribution in [0.15, 0.2) is 24.3 Å². The number of carbonyl (C=O) groups is 1. The third-order valence-corrected chi connectivity index (χ3v) is 4.87. The Morgan fingerprint density at radius 2 is 2.00 bits per heavy atom. The lowest BCUT2D eigenvalue weighted by molar-refractivity contribution is -0.134. The molecule has 0 spiro atoms. The fraction of sp³-hybridized carbons (Fsp3) is 0.474. The quantitative estimate of drug-likeness (QED) is 0.808. The average Bonchev–Trinajstić information content (AvgIpc) is 3.37. The highest BCUT2D eigenvalue weighted by atomic mass is 19.1. The van der Waals surface area contributed by atoms with Gasteiger partial charge in [0.2, 0.25) is 0 Å². The van der Waals surface area contributed by atoms with E-state index in [9.17, 15) is 9.18 Å². The van der Waals surface area contributed by atoms with E-state index in [2.05, 4.69) is 5.10 Å². The molecule has 0 N–H and O–H groups in total. The van der Waals surface area contributed by atoms with Crippen molar-refractivity contribution >= 4 is 5.91 Å². The molecule has 1 aliphatic carbocycles. The van der Waals surface area contributed by atoms with E-state index in [1.54, 1.807) is 28.8 Å². The minimum Gasteiger partial charge on any atom is -0.480 e. The number of aryl methyl sites for hydroxylation is 2. The molecule has 1 aromatic carbocycles. The lowest BCUT2D eigenvalue weighted by atomic mass is 10.0. The van der Waals surface area contributed by atoms with E-state index in [0.717, 1.165) is 29.8 Å². The van der Waals surface area contributed by atoms with Crippen LogP contribution < -0.4 is 4.74 Å². The van der Waals surface area contributed by atoms with Crippen LogP contribution in [0.25, 0.3) is 0 Å². The number of ether oxygens (including phenoxy) is 1. The largest absolute Gasteiger partial charge is 0.480 e. The van der Waals surface area contributed by atoms with Gasteiger partial charge in [0.05, 0.1) is 11.7 Å². The first-order valence-corrected chi connectivity index (χ1v) is 8.52. The molecule has 0 aliphatic heterocycles. The molecule has 1 atom stereocenters. The predicted octanol–water partition coefficient (Wildman–Crippen LogP) is 3.16. The van der Waals surface area contributed by atoms with Crippen LogP contribution in [0.3, 0.4) is 0 Å². The zero-order chi connectivity index (χ0) is 18.1. The molecule has 0 bridgehead atoms. The molecule has 25 heavy (non-hydrogen) atoms. The summed E-state index contributed by atoms with van der Waals surface area (Å²) in [6, 6.07) is 6.38. The molecule has 1 heterocycles. The summed E-state index contributed by atoms with van der Waals surface area (Å²) in [7, 11) is 3.64. The molecule has 5 nitrogen and oxygen atoms in total. The first-order chi connectivity index (χ1) is 11.9. The summed E-state index contributed by atoms with van der Waals surface area (Å²) >= 11 is 0. The van der Waals surface area contributed by atoms with Crippen molar-refractivity contribution in [3.05, 3.63) is 47.0 Å². The van der Waals surface area contributed by atoms with Crippen LogP contribution >= 0.6 is 0 Å². The summed E-state index contributed by atoms with van der Waals surface area (Å²) in [5.74, 6) is 0.734. The molecule has 134 valence electrons. The molecule has 1 fully saturated rings. The van der Waals surface area contributed by atoms with Gasteiger partial charge in [-0.2, -0.15) is 5.10 Å². The van der Waals surface area contributed by atoms with Crippen molar-refractivity contribution in [2.45, 2.75) is 32.7 Å². The van der Waals surface area contributed by atoms with Crippen molar-refractivity contribution < 1.29 is 13.9 Å². The molecule has 0 radical (unpaired) electrons. The molecule has 1 aromatic heterocycles. The standard InChI is InChI=1S/C19H24FN3O2/c1-12-19(13(2)23(4)21-12)25-11-17(24)22(3)18(14-5-6-14)15-7-9-16(20)10-8-15/h7-10,14,18H,5-6,11H2,1-4H3/t18-/m1/s1. The minimum absolute atomic E-state index is 0.0334.